The highest BCUT2D eigenvalue weighted by molar-refractivity contribution is 6.32. The van der Waals surface area contributed by atoms with Crippen LogP contribution in [0.3, 0.4) is 0 Å². The normalized spacial score (nSPS) is 11.6. The molecule has 8 nitrogen and oxygen atoms in total. The molecule has 0 fully saturated rings. The standard InChI is InChI=1S/C18H13ClF4N2O6/c1-29-13(26)7-30-18-11(3-2-4-24-18)31-12-6-10(9(20)5-8(12)19)25-17(28)14(21)15(27)16(22)23/h2-6,14,16H,7H2,1H3,(H,25,28). The van der Waals surface area contributed by atoms with Gasteiger partial charge in [-0.15, -0.1) is 0 Å². The number of benzene rings is 1. The largest absolute Gasteiger partial charge is 0.466 e. The van der Waals surface area contributed by atoms with Gasteiger partial charge in [0, 0.05) is 12.3 Å². The fraction of sp³-hybridized carbons (Fsp3) is 0.222. The molecule has 1 atom stereocenters. The van der Waals surface area contributed by atoms with Crippen LogP contribution in [-0.2, 0) is 19.1 Å². The smallest absolute Gasteiger partial charge is 0.343 e. The van der Waals surface area contributed by atoms with Gasteiger partial charge in [-0.3, -0.25) is 9.59 Å². The van der Waals surface area contributed by atoms with E-state index in [9.17, 15) is 31.9 Å². The molecule has 1 heterocycles. The SMILES string of the molecule is COC(=O)COc1ncccc1Oc1cc(NC(=O)C(F)C(=O)C(F)F)c(F)cc1Cl. The van der Waals surface area contributed by atoms with Crippen LogP contribution in [0.15, 0.2) is 30.5 Å². The minimum absolute atomic E-state index is 0.0755. The lowest BCUT2D eigenvalue weighted by atomic mass is 10.2. The van der Waals surface area contributed by atoms with Crippen LogP contribution >= 0.6 is 11.6 Å². The van der Waals surface area contributed by atoms with E-state index in [0.717, 1.165) is 13.2 Å². The number of ketones is 1. The highest BCUT2D eigenvalue weighted by atomic mass is 35.5. The number of hydrogen-bond acceptors (Lipinski definition) is 7. The molecule has 2 rings (SSSR count). The van der Waals surface area contributed by atoms with Gasteiger partial charge in [-0.25, -0.2) is 27.3 Å². The van der Waals surface area contributed by atoms with E-state index in [-0.39, 0.29) is 22.4 Å². The number of carbonyl (C=O) groups is 3. The molecule has 0 saturated heterocycles. The lowest BCUT2D eigenvalue weighted by Gasteiger charge is -2.14. The Morgan fingerprint density at radius 3 is 2.55 bits per heavy atom. The van der Waals surface area contributed by atoms with Gasteiger partial charge in [-0.1, -0.05) is 11.6 Å². The summed E-state index contributed by atoms with van der Waals surface area (Å²) in [5.74, 6) is -6.45. The molecule has 1 amide bonds. The Morgan fingerprint density at radius 2 is 1.90 bits per heavy atom. The topological polar surface area (TPSA) is 104 Å². The Balaban J connectivity index is 2.25. The molecule has 0 aliphatic heterocycles. The van der Waals surface area contributed by atoms with Crippen molar-refractivity contribution in [2.45, 2.75) is 12.6 Å². The Bertz CT molecular complexity index is 992. The molecular weight excluding hydrogens is 452 g/mol. The molecule has 0 saturated carbocycles. The van der Waals surface area contributed by atoms with Gasteiger partial charge >= 0.3 is 5.97 Å². The first-order chi connectivity index (χ1) is 14.6. The molecule has 1 unspecified atom stereocenters. The average molecular weight is 465 g/mol. The van der Waals surface area contributed by atoms with E-state index in [4.69, 9.17) is 21.1 Å². The first-order valence-electron chi connectivity index (χ1n) is 8.22. The summed E-state index contributed by atoms with van der Waals surface area (Å²) in [6.07, 6.45) is -5.61. The highest BCUT2D eigenvalue weighted by Gasteiger charge is 2.33. The van der Waals surface area contributed by atoms with E-state index in [2.05, 4.69) is 9.72 Å². The lowest BCUT2D eigenvalue weighted by Crippen LogP contribution is -2.35. The molecule has 0 spiro atoms. The number of nitrogens with one attached hydrogen (secondary N) is 1. The molecule has 1 aromatic carbocycles. The second-order valence-electron chi connectivity index (χ2n) is 5.59. The number of aromatic nitrogens is 1. The van der Waals surface area contributed by atoms with Crippen molar-refractivity contribution >= 4 is 34.9 Å². The number of methoxy groups -OCH3 is 1. The van der Waals surface area contributed by atoms with E-state index in [0.29, 0.717) is 6.07 Å². The second-order valence-corrected chi connectivity index (χ2v) is 6.00. The van der Waals surface area contributed by atoms with Crippen molar-refractivity contribution < 1.29 is 46.2 Å². The van der Waals surface area contributed by atoms with Crippen molar-refractivity contribution in [1.82, 2.24) is 4.98 Å². The molecule has 13 heteroatoms. The first-order valence-corrected chi connectivity index (χ1v) is 8.60. The minimum Gasteiger partial charge on any atom is -0.466 e. The van der Waals surface area contributed by atoms with Gasteiger partial charge < -0.3 is 19.5 Å². The van der Waals surface area contributed by atoms with Gasteiger partial charge in [-0.2, -0.15) is 0 Å². The predicted molar refractivity (Wildman–Crippen MR) is 97.8 cm³/mol. The number of alkyl halides is 3. The second kappa shape index (κ2) is 10.6. The molecule has 1 N–H and O–H groups in total. The van der Waals surface area contributed by atoms with Crippen molar-refractivity contribution in [2.75, 3.05) is 19.0 Å². The Labute approximate surface area is 177 Å². The maximum Gasteiger partial charge on any atom is 0.343 e. The zero-order valence-electron chi connectivity index (χ0n) is 15.5. The van der Waals surface area contributed by atoms with Crippen LogP contribution < -0.4 is 14.8 Å². The Kier molecular flexibility index (Phi) is 8.14. The predicted octanol–water partition coefficient (Wildman–Crippen LogP) is 3.33. The number of esters is 1. The molecule has 0 radical (unpaired) electrons. The molecule has 1 aromatic heterocycles. The summed E-state index contributed by atoms with van der Waals surface area (Å²) in [5, 5.41) is 1.38. The number of hydrogen-bond donors (Lipinski definition) is 1. The van der Waals surface area contributed by atoms with Crippen molar-refractivity contribution in [3.63, 3.8) is 0 Å². The van der Waals surface area contributed by atoms with Crippen LogP contribution in [0, 0.1) is 5.82 Å². The molecule has 0 aliphatic rings. The van der Waals surface area contributed by atoms with Gasteiger partial charge in [-0.05, 0) is 18.2 Å². The van der Waals surface area contributed by atoms with Gasteiger partial charge in [0.25, 0.3) is 18.2 Å². The van der Waals surface area contributed by atoms with Gasteiger partial charge in [0.1, 0.15) is 11.6 Å². The lowest BCUT2D eigenvalue weighted by molar-refractivity contribution is -0.143. The van der Waals surface area contributed by atoms with E-state index in [1.165, 1.54) is 18.3 Å². The molecule has 2 aromatic rings. The first kappa shape index (κ1) is 23.9. The summed E-state index contributed by atoms with van der Waals surface area (Å²) < 4.78 is 67.2. The van der Waals surface area contributed by atoms with E-state index in [1.807, 2.05) is 0 Å². The van der Waals surface area contributed by atoms with E-state index < -0.39 is 48.4 Å². The molecule has 31 heavy (non-hydrogen) atoms. The number of ether oxygens (including phenoxy) is 3. The summed E-state index contributed by atoms with van der Waals surface area (Å²) in [5.41, 5.74) is -0.699. The van der Waals surface area contributed by atoms with Crippen molar-refractivity contribution in [3.8, 4) is 17.4 Å². The average Bonchev–Trinajstić information content (AvgIpc) is 2.74. The maximum absolute atomic E-state index is 14.1. The third kappa shape index (κ3) is 6.28. The van der Waals surface area contributed by atoms with Crippen LogP contribution in [0.25, 0.3) is 0 Å². The van der Waals surface area contributed by atoms with Gasteiger partial charge in [0.15, 0.2) is 12.4 Å². The number of Topliss-reactive ketones (excluding diaryl/α,β-unsaturated/α-hetero) is 1. The molecular formula is C18H13ClF4N2O6. The fourth-order valence-electron chi connectivity index (χ4n) is 2.01. The zero-order valence-corrected chi connectivity index (χ0v) is 16.3. The quantitative estimate of drug-likeness (QED) is 0.345. The monoisotopic (exact) mass is 464 g/mol. The maximum atomic E-state index is 14.1. The number of nitrogens with zero attached hydrogens (tertiary/aromatic N) is 1. The molecule has 0 aliphatic carbocycles. The van der Waals surface area contributed by atoms with Crippen molar-refractivity contribution in [3.05, 3.63) is 41.3 Å². The number of anilines is 1. The van der Waals surface area contributed by atoms with Crippen LogP contribution in [0.4, 0.5) is 23.2 Å². The number of halogens is 5. The number of amides is 1. The van der Waals surface area contributed by atoms with Crippen LogP contribution in [0.1, 0.15) is 0 Å². The number of carbonyl (C=O) groups excluding carboxylic acids is 3. The van der Waals surface area contributed by atoms with E-state index >= 15 is 0 Å². The number of pyridine rings is 1. The Hall–Kier alpha value is -3.41. The third-order valence-electron chi connectivity index (χ3n) is 3.49. The van der Waals surface area contributed by atoms with Crippen LogP contribution in [-0.4, -0.2) is 49.0 Å². The van der Waals surface area contributed by atoms with Gasteiger partial charge in [0.2, 0.25) is 12.0 Å². The van der Waals surface area contributed by atoms with Crippen LogP contribution in [0.2, 0.25) is 5.02 Å². The summed E-state index contributed by atoms with van der Waals surface area (Å²) in [6, 6.07) is 4.31. The minimum atomic E-state index is -3.72. The Morgan fingerprint density at radius 1 is 1.19 bits per heavy atom. The summed E-state index contributed by atoms with van der Waals surface area (Å²) in [6.45, 7) is -0.502. The van der Waals surface area contributed by atoms with Crippen LogP contribution in [0.5, 0.6) is 17.4 Å². The van der Waals surface area contributed by atoms with Crippen molar-refractivity contribution in [2.24, 2.45) is 0 Å². The summed E-state index contributed by atoms with van der Waals surface area (Å²) in [7, 11) is 1.15. The summed E-state index contributed by atoms with van der Waals surface area (Å²) in [4.78, 5) is 37.6. The van der Waals surface area contributed by atoms with Gasteiger partial charge in [0.05, 0.1) is 17.8 Å². The number of rotatable bonds is 9. The van der Waals surface area contributed by atoms with E-state index in [1.54, 1.807) is 5.32 Å². The fourth-order valence-corrected chi connectivity index (χ4v) is 2.19. The molecule has 0 bridgehead atoms. The molecule has 166 valence electrons. The van der Waals surface area contributed by atoms with Crippen molar-refractivity contribution in [1.29, 1.82) is 0 Å². The summed E-state index contributed by atoms with van der Waals surface area (Å²) >= 11 is 5.90. The third-order valence-corrected chi connectivity index (χ3v) is 3.78. The zero-order chi connectivity index (χ0) is 23.1. The highest BCUT2D eigenvalue weighted by Crippen LogP contribution is 2.36.